The Bertz CT molecular complexity index is 510. The third-order valence-electron chi connectivity index (χ3n) is 3.91. The smallest absolute Gasteiger partial charge is 0.399 e. The first-order valence-corrected chi connectivity index (χ1v) is 7.54. The SMILES string of the molecule is CC1(C)OB(c2ccc(C#CCCS)cc2)OC1(C)C. The van der Waals surface area contributed by atoms with Crippen LogP contribution >= 0.6 is 12.6 Å². The van der Waals surface area contributed by atoms with E-state index in [4.69, 9.17) is 9.31 Å². The molecule has 1 heterocycles. The maximum absolute atomic E-state index is 6.02. The van der Waals surface area contributed by atoms with Crippen molar-refractivity contribution < 1.29 is 9.31 Å². The van der Waals surface area contributed by atoms with Crippen LogP contribution in [0.1, 0.15) is 39.7 Å². The zero-order valence-electron chi connectivity index (χ0n) is 12.6. The topological polar surface area (TPSA) is 18.5 Å². The molecule has 1 aromatic carbocycles. The molecule has 1 aliphatic heterocycles. The van der Waals surface area contributed by atoms with Crippen molar-refractivity contribution in [3.63, 3.8) is 0 Å². The molecule has 0 amide bonds. The van der Waals surface area contributed by atoms with Gasteiger partial charge in [-0.05, 0) is 45.3 Å². The second-order valence-electron chi connectivity index (χ2n) is 5.99. The van der Waals surface area contributed by atoms with Crippen molar-refractivity contribution in [1.29, 1.82) is 0 Å². The Labute approximate surface area is 127 Å². The van der Waals surface area contributed by atoms with Crippen LogP contribution in [-0.4, -0.2) is 24.1 Å². The number of benzene rings is 1. The summed E-state index contributed by atoms with van der Waals surface area (Å²) < 4.78 is 12.0. The normalized spacial score (nSPS) is 19.6. The number of rotatable bonds is 2. The summed E-state index contributed by atoms with van der Waals surface area (Å²) in [6.07, 6.45) is 0.808. The van der Waals surface area contributed by atoms with Crippen molar-refractivity contribution in [1.82, 2.24) is 0 Å². The van der Waals surface area contributed by atoms with E-state index < -0.39 is 0 Å². The predicted octanol–water partition coefficient (Wildman–Crippen LogP) is 2.66. The molecule has 1 saturated heterocycles. The van der Waals surface area contributed by atoms with Crippen LogP contribution in [0, 0.1) is 11.8 Å². The summed E-state index contributed by atoms with van der Waals surface area (Å²) in [6.45, 7) is 8.24. The molecule has 0 radical (unpaired) electrons. The van der Waals surface area contributed by atoms with Crippen LogP contribution in [0.15, 0.2) is 24.3 Å². The minimum Gasteiger partial charge on any atom is -0.399 e. The summed E-state index contributed by atoms with van der Waals surface area (Å²) in [5.41, 5.74) is 1.43. The monoisotopic (exact) mass is 288 g/mol. The highest BCUT2D eigenvalue weighted by Crippen LogP contribution is 2.36. The molecular weight excluding hydrogens is 267 g/mol. The van der Waals surface area contributed by atoms with Gasteiger partial charge < -0.3 is 9.31 Å². The van der Waals surface area contributed by atoms with E-state index in [1.54, 1.807) is 0 Å². The van der Waals surface area contributed by atoms with Crippen LogP contribution < -0.4 is 5.46 Å². The highest BCUT2D eigenvalue weighted by molar-refractivity contribution is 7.80. The molecule has 0 saturated carbocycles. The van der Waals surface area contributed by atoms with E-state index >= 15 is 0 Å². The largest absolute Gasteiger partial charge is 0.494 e. The van der Waals surface area contributed by atoms with Gasteiger partial charge in [0.1, 0.15) is 0 Å². The van der Waals surface area contributed by atoms with Gasteiger partial charge >= 0.3 is 7.12 Å². The fourth-order valence-electron chi connectivity index (χ4n) is 1.92. The highest BCUT2D eigenvalue weighted by Gasteiger charge is 2.51. The molecule has 20 heavy (non-hydrogen) atoms. The van der Waals surface area contributed by atoms with Gasteiger partial charge in [0, 0.05) is 17.7 Å². The van der Waals surface area contributed by atoms with Crippen LogP contribution in [0.4, 0.5) is 0 Å². The number of hydrogen-bond acceptors (Lipinski definition) is 3. The zero-order valence-corrected chi connectivity index (χ0v) is 13.5. The summed E-state index contributed by atoms with van der Waals surface area (Å²) in [6, 6.07) is 8.05. The lowest BCUT2D eigenvalue weighted by Crippen LogP contribution is -2.41. The van der Waals surface area contributed by atoms with Crippen LogP contribution in [0.25, 0.3) is 0 Å². The quantitative estimate of drug-likeness (QED) is 0.512. The molecule has 1 aliphatic rings. The lowest BCUT2D eigenvalue weighted by atomic mass is 9.79. The molecule has 0 N–H and O–H groups in total. The minimum absolute atomic E-state index is 0.303. The molecule has 1 fully saturated rings. The van der Waals surface area contributed by atoms with E-state index in [0.29, 0.717) is 0 Å². The van der Waals surface area contributed by atoms with Crippen molar-refractivity contribution in [2.45, 2.75) is 45.3 Å². The van der Waals surface area contributed by atoms with Crippen LogP contribution in [0.3, 0.4) is 0 Å². The Morgan fingerprint density at radius 3 is 2.10 bits per heavy atom. The van der Waals surface area contributed by atoms with Crippen molar-refractivity contribution in [3.8, 4) is 11.8 Å². The Morgan fingerprint density at radius 2 is 1.60 bits per heavy atom. The van der Waals surface area contributed by atoms with Gasteiger partial charge in [0.05, 0.1) is 11.2 Å². The second kappa shape index (κ2) is 5.85. The van der Waals surface area contributed by atoms with Crippen LogP contribution in [0.2, 0.25) is 0 Å². The predicted molar refractivity (Wildman–Crippen MR) is 87.5 cm³/mol. The van der Waals surface area contributed by atoms with E-state index in [1.807, 2.05) is 24.3 Å². The third-order valence-corrected chi connectivity index (χ3v) is 4.13. The number of thiol groups is 1. The molecular formula is C16H21BO2S. The molecule has 1 aromatic rings. The summed E-state index contributed by atoms with van der Waals surface area (Å²) >= 11 is 4.14. The second-order valence-corrected chi connectivity index (χ2v) is 6.43. The lowest BCUT2D eigenvalue weighted by Gasteiger charge is -2.32. The van der Waals surface area contributed by atoms with Crippen LogP contribution in [0.5, 0.6) is 0 Å². The third kappa shape index (κ3) is 3.23. The first-order valence-electron chi connectivity index (χ1n) is 6.91. The summed E-state index contributed by atoms with van der Waals surface area (Å²) in [7, 11) is -0.306. The minimum atomic E-state index is -0.306. The Hall–Kier alpha value is -0.885. The van der Waals surface area contributed by atoms with Gasteiger partial charge in [-0.25, -0.2) is 0 Å². The highest BCUT2D eigenvalue weighted by atomic mass is 32.1. The molecule has 0 bridgehead atoms. The fraction of sp³-hybridized carbons (Fsp3) is 0.500. The Balaban J connectivity index is 2.11. The lowest BCUT2D eigenvalue weighted by molar-refractivity contribution is 0.00578. The van der Waals surface area contributed by atoms with Crippen molar-refractivity contribution >= 4 is 25.2 Å². The van der Waals surface area contributed by atoms with Gasteiger partial charge in [0.15, 0.2) is 0 Å². The van der Waals surface area contributed by atoms with Crippen molar-refractivity contribution in [3.05, 3.63) is 29.8 Å². The van der Waals surface area contributed by atoms with Crippen molar-refractivity contribution in [2.24, 2.45) is 0 Å². The van der Waals surface area contributed by atoms with Crippen LogP contribution in [-0.2, 0) is 9.31 Å². The zero-order chi connectivity index (χ0) is 14.8. The van der Waals surface area contributed by atoms with Gasteiger partial charge in [-0.1, -0.05) is 24.0 Å². The first-order chi connectivity index (χ1) is 9.36. The maximum atomic E-state index is 6.02. The van der Waals surface area contributed by atoms with Crippen molar-refractivity contribution in [2.75, 3.05) is 5.75 Å². The van der Waals surface area contributed by atoms with E-state index in [-0.39, 0.29) is 18.3 Å². The molecule has 2 rings (SSSR count). The van der Waals surface area contributed by atoms with E-state index in [2.05, 4.69) is 52.2 Å². The van der Waals surface area contributed by atoms with E-state index in [9.17, 15) is 0 Å². The standard InChI is InChI=1S/C16H21BO2S/c1-15(2)16(3,4)19-17(18-15)14-10-8-13(9-11-14)7-5-6-12-20/h8-11,20H,6,12H2,1-4H3. The Morgan fingerprint density at radius 1 is 1.05 bits per heavy atom. The molecule has 0 atom stereocenters. The molecule has 0 aromatic heterocycles. The van der Waals surface area contributed by atoms with Gasteiger partial charge in [-0.3, -0.25) is 0 Å². The average Bonchev–Trinajstić information content (AvgIpc) is 2.60. The average molecular weight is 288 g/mol. The Kier molecular flexibility index (Phi) is 4.54. The molecule has 4 heteroatoms. The van der Waals surface area contributed by atoms with E-state index in [0.717, 1.165) is 23.2 Å². The first kappa shape index (κ1) is 15.5. The van der Waals surface area contributed by atoms with E-state index in [1.165, 1.54) is 0 Å². The van der Waals surface area contributed by atoms with Gasteiger partial charge in [-0.15, -0.1) is 0 Å². The fourth-order valence-corrected chi connectivity index (χ4v) is 2.03. The molecule has 0 aliphatic carbocycles. The van der Waals surface area contributed by atoms with Gasteiger partial charge in [-0.2, -0.15) is 12.6 Å². The van der Waals surface area contributed by atoms with Gasteiger partial charge in [0.25, 0.3) is 0 Å². The molecule has 0 unspecified atom stereocenters. The maximum Gasteiger partial charge on any atom is 0.494 e. The summed E-state index contributed by atoms with van der Waals surface area (Å²) in [5.74, 6) is 6.98. The number of hydrogen-bond donors (Lipinski definition) is 1. The molecule has 0 spiro atoms. The molecule has 2 nitrogen and oxygen atoms in total. The summed E-state index contributed by atoms with van der Waals surface area (Å²) in [4.78, 5) is 0. The van der Waals surface area contributed by atoms with Gasteiger partial charge in [0.2, 0.25) is 0 Å². The summed E-state index contributed by atoms with van der Waals surface area (Å²) in [5, 5.41) is 0. The molecule has 106 valence electrons.